The van der Waals surface area contributed by atoms with Crippen LogP contribution >= 0.6 is 0 Å². The van der Waals surface area contributed by atoms with Crippen molar-refractivity contribution in [2.24, 2.45) is 0 Å². The van der Waals surface area contributed by atoms with Gasteiger partial charge in [0.1, 0.15) is 5.75 Å². The molecule has 1 amide bonds. The lowest BCUT2D eigenvalue weighted by molar-refractivity contribution is -0.148. The molecular formula is C15H21NO5. The summed E-state index contributed by atoms with van der Waals surface area (Å²) in [6, 6.07) is 7.50. The summed E-state index contributed by atoms with van der Waals surface area (Å²) in [5.74, 6) is -0.627. The van der Waals surface area contributed by atoms with Crippen LogP contribution in [0.2, 0.25) is 0 Å². The first kappa shape index (κ1) is 17.0. The molecule has 0 spiro atoms. The molecule has 1 aromatic rings. The summed E-state index contributed by atoms with van der Waals surface area (Å²) in [7, 11) is 2.88. The highest BCUT2D eigenvalue weighted by Crippen LogP contribution is 2.28. The van der Waals surface area contributed by atoms with Crippen LogP contribution in [0.4, 0.5) is 0 Å². The van der Waals surface area contributed by atoms with Crippen LogP contribution in [-0.2, 0) is 14.3 Å². The third kappa shape index (κ3) is 5.07. The molecule has 0 aliphatic heterocycles. The van der Waals surface area contributed by atoms with Gasteiger partial charge in [-0.25, -0.2) is 4.79 Å². The molecule has 0 saturated carbocycles. The minimum atomic E-state index is -1.10. The Kier molecular flexibility index (Phi) is 6.68. The average Bonchev–Trinajstić information content (AvgIpc) is 2.47. The summed E-state index contributed by atoms with van der Waals surface area (Å²) in [5, 5.41) is 11.4. The summed E-state index contributed by atoms with van der Waals surface area (Å²) in [5.41, 5.74) is 0.941. The predicted molar refractivity (Wildman–Crippen MR) is 77.5 cm³/mol. The molecule has 1 aromatic carbocycles. The molecule has 6 heteroatoms. The van der Waals surface area contributed by atoms with Crippen LogP contribution in [0.5, 0.6) is 5.75 Å². The molecule has 0 aromatic heterocycles. The van der Waals surface area contributed by atoms with Crippen molar-refractivity contribution in [1.82, 2.24) is 5.32 Å². The third-order valence-corrected chi connectivity index (χ3v) is 3.21. The fourth-order valence-corrected chi connectivity index (χ4v) is 2.01. The maximum absolute atomic E-state index is 11.9. The van der Waals surface area contributed by atoms with E-state index in [-0.39, 0.29) is 24.8 Å². The van der Waals surface area contributed by atoms with Crippen molar-refractivity contribution in [3.63, 3.8) is 0 Å². The summed E-state index contributed by atoms with van der Waals surface area (Å²) in [4.78, 5) is 22.6. The number of carboxylic acids is 1. The van der Waals surface area contributed by atoms with E-state index in [1.807, 2.05) is 31.2 Å². The summed E-state index contributed by atoms with van der Waals surface area (Å²) < 4.78 is 10.0. The zero-order valence-corrected chi connectivity index (χ0v) is 12.5. The topological polar surface area (TPSA) is 84.9 Å². The minimum Gasteiger partial charge on any atom is -0.496 e. The number of aliphatic carboxylic acids is 1. The molecule has 0 fully saturated rings. The lowest BCUT2D eigenvalue weighted by atomic mass is 9.96. The highest BCUT2D eigenvalue weighted by atomic mass is 16.5. The van der Waals surface area contributed by atoms with Gasteiger partial charge in [0.2, 0.25) is 5.91 Å². The molecule has 1 rings (SSSR count). The Hall–Kier alpha value is -2.08. The van der Waals surface area contributed by atoms with E-state index in [2.05, 4.69) is 5.32 Å². The van der Waals surface area contributed by atoms with Crippen molar-refractivity contribution in [1.29, 1.82) is 0 Å². The van der Waals surface area contributed by atoms with Gasteiger partial charge in [-0.1, -0.05) is 25.1 Å². The van der Waals surface area contributed by atoms with Gasteiger partial charge in [-0.05, 0) is 17.5 Å². The second-order valence-electron chi connectivity index (χ2n) is 4.71. The van der Waals surface area contributed by atoms with Crippen LogP contribution in [0, 0.1) is 0 Å². The SMILES string of the molecule is COc1ccccc1C(C)CC(=O)NCC(OC)C(=O)O. The van der Waals surface area contributed by atoms with Gasteiger partial charge >= 0.3 is 5.97 Å². The molecule has 2 N–H and O–H groups in total. The van der Waals surface area contributed by atoms with Crippen LogP contribution in [0.15, 0.2) is 24.3 Å². The highest BCUT2D eigenvalue weighted by Gasteiger charge is 2.19. The highest BCUT2D eigenvalue weighted by molar-refractivity contribution is 5.78. The Morgan fingerprint density at radius 3 is 2.52 bits per heavy atom. The maximum Gasteiger partial charge on any atom is 0.334 e. The van der Waals surface area contributed by atoms with E-state index in [1.165, 1.54) is 7.11 Å². The van der Waals surface area contributed by atoms with Crippen LogP contribution in [0.3, 0.4) is 0 Å². The van der Waals surface area contributed by atoms with Gasteiger partial charge in [0.05, 0.1) is 13.7 Å². The molecule has 0 aliphatic rings. The van der Waals surface area contributed by atoms with Gasteiger partial charge < -0.3 is 19.9 Å². The molecule has 0 saturated heterocycles. The first-order chi connectivity index (χ1) is 9.99. The van der Waals surface area contributed by atoms with Crippen molar-refractivity contribution in [3.05, 3.63) is 29.8 Å². The number of rotatable bonds is 8. The van der Waals surface area contributed by atoms with Crippen LogP contribution in [0.1, 0.15) is 24.8 Å². The molecule has 0 aliphatic carbocycles. The number of carbonyl (C=O) groups is 2. The Balaban J connectivity index is 2.56. The number of nitrogens with one attached hydrogen (secondary N) is 1. The smallest absolute Gasteiger partial charge is 0.334 e. The van der Waals surface area contributed by atoms with E-state index in [4.69, 9.17) is 14.6 Å². The van der Waals surface area contributed by atoms with Crippen LogP contribution in [-0.4, -0.2) is 43.9 Å². The van der Waals surface area contributed by atoms with E-state index in [0.29, 0.717) is 0 Å². The number of methoxy groups -OCH3 is 2. The molecule has 0 bridgehead atoms. The van der Waals surface area contributed by atoms with E-state index in [0.717, 1.165) is 11.3 Å². The van der Waals surface area contributed by atoms with Crippen LogP contribution < -0.4 is 10.1 Å². The Morgan fingerprint density at radius 2 is 1.95 bits per heavy atom. The number of hydrogen-bond acceptors (Lipinski definition) is 4. The molecule has 0 radical (unpaired) electrons. The summed E-state index contributed by atoms with van der Waals surface area (Å²) >= 11 is 0. The number of para-hydroxylation sites is 1. The predicted octanol–water partition coefficient (Wildman–Crippen LogP) is 1.40. The van der Waals surface area contributed by atoms with Gasteiger partial charge in [0, 0.05) is 13.5 Å². The lowest BCUT2D eigenvalue weighted by Crippen LogP contribution is -2.38. The number of amides is 1. The number of hydrogen-bond donors (Lipinski definition) is 2. The first-order valence-electron chi connectivity index (χ1n) is 6.64. The van der Waals surface area contributed by atoms with Crippen molar-refractivity contribution < 1.29 is 24.2 Å². The van der Waals surface area contributed by atoms with Crippen molar-refractivity contribution in [2.45, 2.75) is 25.4 Å². The third-order valence-electron chi connectivity index (χ3n) is 3.21. The Morgan fingerprint density at radius 1 is 1.29 bits per heavy atom. The van der Waals surface area contributed by atoms with E-state index < -0.39 is 12.1 Å². The van der Waals surface area contributed by atoms with Gasteiger partial charge in [-0.2, -0.15) is 0 Å². The second-order valence-corrected chi connectivity index (χ2v) is 4.71. The molecule has 2 atom stereocenters. The van der Waals surface area contributed by atoms with Crippen molar-refractivity contribution in [2.75, 3.05) is 20.8 Å². The quantitative estimate of drug-likeness (QED) is 0.757. The summed E-state index contributed by atoms with van der Waals surface area (Å²) in [6.07, 6.45) is -0.785. The van der Waals surface area contributed by atoms with Gasteiger partial charge in [0.25, 0.3) is 0 Å². The number of ether oxygens (including phenoxy) is 2. The van der Waals surface area contributed by atoms with Gasteiger partial charge in [-0.3, -0.25) is 4.79 Å². The first-order valence-corrected chi connectivity index (χ1v) is 6.64. The van der Waals surface area contributed by atoms with Crippen molar-refractivity contribution >= 4 is 11.9 Å². The zero-order chi connectivity index (χ0) is 15.8. The van der Waals surface area contributed by atoms with E-state index >= 15 is 0 Å². The van der Waals surface area contributed by atoms with Gasteiger partial charge in [-0.15, -0.1) is 0 Å². The monoisotopic (exact) mass is 295 g/mol. The summed E-state index contributed by atoms with van der Waals surface area (Å²) in [6.45, 7) is 1.87. The fourth-order valence-electron chi connectivity index (χ4n) is 2.01. The number of carboxylic acid groups (broad SMARTS) is 1. The normalized spacial score (nSPS) is 13.3. The zero-order valence-electron chi connectivity index (χ0n) is 12.5. The standard InChI is InChI=1S/C15H21NO5/c1-10(11-6-4-5-7-12(11)20-2)8-14(17)16-9-13(21-3)15(18)19/h4-7,10,13H,8-9H2,1-3H3,(H,16,17)(H,18,19). The van der Waals surface area contributed by atoms with E-state index in [1.54, 1.807) is 7.11 Å². The molecule has 6 nitrogen and oxygen atoms in total. The molecule has 0 heterocycles. The van der Waals surface area contributed by atoms with E-state index in [9.17, 15) is 9.59 Å². The number of carbonyl (C=O) groups excluding carboxylic acids is 1. The molecule has 2 unspecified atom stereocenters. The largest absolute Gasteiger partial charge is 0.496 e. The Bertz CT molecular complexity index is 489. The molecule has 21 heavy (non-hydrogen) atoms. The molecular weight excluding hydrogens is 274 g/mol. The maximum atomic E-state index is 11.9. The average molecular weight is 295 g/mol. The number of benzene rings is 1. The minimum absolute atomic E-state index is 0.0352. The Labute approximate surface area is 124 Å². The van der Waals surface area contributed by atoms with Crippen LogP contribution in [0.25, 0.3) is 0 Å². The second kappa shape index (κ2) is 8.26. The van der Waals surface area contributed by atoms with Crippen molar-refractivity contribution in [3.8, 4) is 5.75 Å². The van der Waals surface area contributed by atoms with Gasteiger partial charge in [0.15, 0.2) is 6.10 Å². The fraction of sp³-hybridized carbons (Fsp3) is 0.467. The lowest BCUT2D eigenvalue weighted by Gasteiger charge is -2.16. The molecule has 116 valence electrons.